The Hall–Kier alpha value is -6.70. The van der Waals surface area contributed by atoms with Gasteiger partial charge in [0.15, 0.2) is 0 Å². The van der Waals surface area contributed by atoms with Crippen molar-refractivity contribution in [1.82, 2.24) is 0 Å². The summed E-state index contributed by atoms with van der Waals surface area (Å²) in [6.45, 7) is 0. The second kappa shape index (κ2) is 10.9. The van der Waals surface area contributed by atoms with Gasteiger partial charge in [0.25, 0.3) is 0 Å². The van der Waals surface area contributed by atoms with Crippen molar-refractivity contribution in [3.8, 4) is 33.4 Å². The lowest BCUT2D eigenvalue weighted by Crippen LogP contribution is -1.91. The van der Waals surface area contributed by atoms with Crippen LogP contribution in [-0.4, -0.2) is 0 Å². The van der Waals surface area contributed by atoms with Crippen molar-refractivity contribution >= 4 is 75.8 Å². The van der Waals surface area contributed by atoms with Crippen LogP contribution in [0.3, 0.4) is 0 Å². The zero-order valence-corrected chi connectivity index (χ0v) is 27.7. The van der Waals surface area contributed by atoms with Crippen molar-refractivity contribution in [2.45, 2.75) is 0 Å². The van der Waals surface area contributed by atoms with E-state index >= 15 is 0 Å². The van der Waals surface area contributed by atoms with Crippen molar-refractivity contribution in [2.75, 3.05) is 0 Å². The largest absolute Gasteiger partial charge is 0.455 e. The summed E-state index contributed by atoms with van der Waals surface area (Å²) in [6.07, 6.45) is 0. The van der Waals surface area contributed by atoms with Crippen LogP contribution in [-0.2, 0) is 0 Å². The molecule has 51 heavy (non-hydrogen) atoms. The molecule has 0 aliphatic heterocycles. The fourth-order valence-corrected chi connectivity index (χ4v) is 8.53. The molecule has 0 aliphatic carbocycles. The minimum absolute atomic E-state index is 0.923. The number of furan rings is 1. The van der Waals surface area contributed by atoms with Gasteiger partial charge in [-0.3, -0.25) is 0 Å². The third kappa shape index (κ3) is 4.22. The van der Waals surface area contributed by atoms with Crippen LogP contribution >= 0.6 is 0 Å². The molecule has 0 radical (unpaired) electrons. The van der Waals surface area contributed by atoms with Gasteiger partial charge in [-0.2, -0.15) is 0 Å². The summed E-state index contributed by atoms with van der Waals surface area (Å²) >= 11 is 0. The molecule has 236 valence electrons. The summed E-state index contributed by atoms with van der Waals surface area (Å²) in [7, 11) is 0. The Morgan fingerprint density at radius 2 is 0.804 bits per heavy atom. The van der Waals surface area contributed by atoms with E-state index in [2.05, 4.69) is 176 Å². The van der Waals surface area contributed by atoms with E-state index < -0.39 is 0 Å². The maximum Gasteiger partial charge on any atom is 0.143 e. The van der Waals surface area contributed by atoms with Gasteiger partial charge in [-0.15, -0.1) is 0 Å². The Bertz CT molecular complexity index is 3140. The molecule has 1 heterocycles. The van der Waals surface area contributed by atoms with Crippen molar-refractivity contribution in [2.24, 2.45) is 0 Å². The monoisotopic (exact) mass is 646 g/mol. The van der Waals surface area contributed by atoms with Crippen LogP contribution in [0.2, 0.25) is 0 Å². The smallest absolute Gasteiger partial charge is 0.143 e. The molecule has 0 unspecified atom stereocenters. The highest BCUT2D eigenvalue weighted by atomic mass is 16.3. The number of fused-ring (bicyclic) bond motifs is 11. The highest BCUT2D eigenvalue weighted by Crippen LogP contribution is 2.47. The molecule has 0 bridgehead atoms. The standard InChI is InChI=1S/C50H30O/c1-2-13-32-28-34(25-24-31(32)12-1)33-14-11-15-35(29-33)47-39-18-5-7-20-41(39)48(42-21-8-6-19-40(42)47)36-26-27-43-45(30-36)37-16-3-4-17-38(37)49-44-22-9-10-23-46(44)51-50(43)49/h1-30H. The molecular weight excluding hydrogens is 617 g/mol. The average Bonchev–Trinajstić information content (AvgIpc) is 3.60. The molecule has 0 amide bonds. The lowest BCUT2D eigenvalue weighted by Gasteiger charge is -2.19. The molecule has 1 heteroatoms. The Morgan fingerprint density at radius 1 is 0.275 bits per heavy atom. The summed E-state index contributed by atoms with van der Waals surface area (Å²) < 4.78 is 6.59. The van der Waals surface area contributed by atoms with Crippen LogP contribution < -0.4 is 0 Å². The van der Waals surface area contributed by atoms with Gasteiger partial charge < -0.3 is 4.42 Å². The van der Waals surface area contributed by atoms with Gasteiger partial charge in [0.2, 0.25) is 0 Å². The van der Waals surface area contributed by atoms with Gasteiger partial charge in [-0.25, -0.2) is 0 Å². The maximum absolute atomic E-state index is 6.59. The second-order valence-corrected chi connectivity index (χ2v) is 13.6. The summed E-state index contributed by atoms with van der Waals surface area (Å²) in [5.74, 6) is 0. The number of para-hydroxylation sites is 1. The van der Waals surface area contributed by atoms with Crippen LogP contribution in [0, 0.1) is 0 Å². The van der Waals surface area contributed by atoms with Crippen LogP contribution in [0.4, 0.5) is 0 Å². The van der Waals surface area contributed by atoms with Crippen LogP contribution in [0.15, 0.2) is 186 Å². The minimum Gasteiger partial charge on any atom is -0.455 e. The zero-order valence-electron chi connectivity index (χ0n) is 27.7. The van der Waals surface area contributed by atoms with E-state index in [0.29, 0.717) is 0 Å². The SMILES string of the molecule is c1cc(-c2ccc3ccccc3c2)cc(-c2c3ccccc3c(-c3ccc4c(c3)c3ccccc3c3c5ccccc5oc43)c3ccccc23)c1. The van der Waals surface area contributed by atoms with E-state index in [-0.39, 0.29) is 0 Å². The Balaban J connectivity index is 1.17. The normalized spacial score (nSPS) is 11.9. The first-order valence-corrected chi connectivity index (χ1v) is 17.6. The number of rotatable bonds is 3. The lowest BCUT2D eigenvalue weighted by atomic mass is 9.84. The third-order valence-corrected chi connectivity index (χ3v) is 10.8. The molecule has 11 aromatic rings. The van der Waals surface area contributed by atoms with Crippen molar-refractivity contribution in [3.05, 3.63) is 182 Å². The summed E-state index contributed by atoms with van der Waals surface area (Å²) in [5.41, 5.74) is 9.26. The Morgan fingerprint density at radius 3 is 1.53 bits per heavy atom. The molecule has 0 spiro atoms. The van der Waals surface area contributed by atoms with Gasteiger partial charge in [0.05, 0.1) is 0 Å². The molecule has 0 fully saturated rings. The summed E-state index contributed by atoms with van der Waals surface area (Å²) in [4.78, 5) is 0. The maximum atomic E-state index is 6.59. The lowest BCUT2D eigenvalue weighted by molar-refractivity contribution is 0.673. The molecule has 10 aromatic carbocycles. The summed E-state index contributed by atoms with van der Waals surface area (Å²) in [5, 5.41) is 14.7. The molecule has 1 aromatic heterocycles. The molecule has 0 saturated carbocycles. The van der Waals surface area contributed by atoms with E-state index in [4.69, 9.17) is 4.42 Å². The first-order chi connectivity index (χ1) is 25.3. The number of hydrogen-bond acceptors (Lipinski definition) is 1. The van der Waals surface area contributed by atoms with Crippen LogP contribution in [0.5, 0.6) is 0 Å². The Kier molecular flexibility index (Phi) is 6.02. The van der Waals surface area contributed by atoms with E-state index in [1.54, 1.807) is 0 Å². The minimum atomic E-state index is 0.923. The van der Waals surface area contributed by atoms with Gasteiger partial charge in [0.1, 0.15) is 11.2 Å². The van der Waals surface area contributed by atoms with Gasteiger partial charge in [-0.05, 0) is 112 Å². The molecule has 1 nitrogen and oxygen atoms in total. The predicted octanol–water partition coefficient (Wildman–Crippen LogP) is 14.4. The molecule has 0 atom stereocenters. The van der Waals surface area contributed by atoms with Crippen LogP contribution in [0.25, 0.3) is 109 Å². The average molecular weight is 647 g/mol. The second-order valence-electron chi connectivity index (χ2n) is 13.6. The predicted molar refractivity (Wildman–Crippen MR) is 218 cm³/mol. The van der Waals surface area contributed by atoms with E-state index in [9.17, 15) is 0 Å². The fourth-order valence-electron chi connectivity index (χ4n) is 8.53. The van der Waals surface area contributed by atoms with Gasteiger partial charge in [0, 0.05) is 16.2 Å². The van der Waals surface area contributed by atoms with Crippen LogP contribution in [0.1, 0.15) is 0 Å². The van der Waals surface area contributed by atoms with E-state index in [1.165, 1.54) is 87.2 Å². The molecule has 0 N–H and O–H groups in total. The summed E-state index contributed by atoms with van der Waals surface area (Å²) in [6, 6.07) is 66.3. The first kappa shape index (κ1) is 28.2. The zero-order chi connectivity index (χ0) is 33.5. The van der Waals surface area contributed by atoms with Gasteiger partial charge in [-0.1, -0.05) is 152 Å². The fraction of sp³-hybridized carbons (Fsp3) is 0. The van der Waals surface area contributed by atoms with Crippen molar-refractivity contribution in [1.29, 1.82) is 0 Å². The molecule has 11 rings (SSSR count). The van der Waals surface area contributed by atoms with E-state index in [0.717, 1.165) is 21.9 Å². The molecule has 0 saturated heterocycles. The third-order valence-electron chi connectivity index (χ3n) is 10.8. The van der Waals surface area contributed by atoms with E-state index in [1.807, 2.05) is 6.07 Å². The highest BCUT2D eigenvalue weighted by Gasteiger charge is 2.20. The number of hydrogen-bond donors (Lipinski definition) is 0. The topological polar surface area (TPSA) is 13.1 Å². The highest BCUT2D eigenvalue weighted by molar-refractivity contribution is 6.31. The van der Waals surface area contributed by atoms with Gasteiger partial charge >= 0.3 is 0 Å². The quantitative estimate of drug-likeness (QED) is 0.138. The van der Waals surface area contributed by atoms with Crippen molar-refractivity contribution in [3.63, 3.8) is 0 Å². The van der Waals surface area contributed by atoms with Crippen molar-refractivity contribution < 1.29 is 4.42 Å². The first-order valence-electron chi connectivity index (χ1n) is 17.6. The Labute approximate surface area is 294 Å². The molecular formula is C50H30O. The molecule has 0 aliphatic rings. The number of benzene rings is 10.